The van der Waals surface area contributed by atoms with E-state index < -0.39 is 59.8 Å². The van der Waals surface area contributed by atoms with Crippen LogP contribution in [0.5, 0.6) is 0 Å². The number of ether oxygens (including phenoxy) is 2. The Balaban J connectivity index is 1.53. The van der Waals surface area contributed by atoms with Gasteiger partial charge in [0, 0.05) is 32.0 Å². The summed E-state index contributed by atoms with van der Waals surface area (Å²) in [5.74, 6) is -0.144. The van der Waals surface area contributed by atoms with E-state index >= 15 is 0 Å². The number of nitrogens with one attached hydrogen (secondary N) is 1. The van der Waals surface area contributed by atoms with Crippen LogP contribution in [0.2, 0.25) is 0 Å². The summed E-state index contributed by atoms with van der Waals surface area (Å²) < 4.78 is 135. The highest BCUT2D eigenvalue weighted by Crippen LogP contribution is 2.43. The van der Waals surface area contributed by atoms with E-state index in [0.717, 1.165) is 18.4 Å². The van der Waals surface area contributed by atoms with Crippen molar-refractivity contribution in [3.63, 3.8) is 0 Å². The van der Waals surface area contributed by atoms with Crippen LogP contribution in [0.4, 0.5) is 61.6 Å². The van der Waals surface area contributed by atoms with E-state index in [4.69, 9.17) is 9.47 Å². The first kappa shape index (κ1) is 39.6. The van der Waals surface area contributed by atoms with Crippen LogP contribution < -0.4 is 15.1 Å². The Kier molecular flexibility index (Phi) is 12.1. The Morgan fingerprint density at radius 2 is 1.58 bits per heavy atom. The van der Waals surface area contributed by atoms with Crippen LogP contribution in [0.3, 0.4) is 0 Å². The second-order valence-corrected chi connectivity index (χ2v) is 12.6. The number of hydrogen-bond acceptors (Lipinski definition) is 8. The number of morpholine rings is 1. The first-order valence-corrected chi connectivity index (χ1v) is 16.8. The first-order valence-electron chi connectivity index (χ1n) is 16.8. The lowest BCUT2D eigenvalue weighted by Gasteiger charge is -2.40. The number of alkyl halides is 9. The van der Waals surface area contributed by atoms with Crippen LogP contribution in [0.1, 0.15) is 78.6 Å². The third-order valence-corrected chi connectivity index (χ3v) is 8.99. The summed E-state index contributed by atoms with van der Waals surface area (Å²) in [6.45, 7) is 3.00. The third-order valence-electron chi connectivity index (χ3n) is 8.99. The van der Waals surface area contributed by atoms with Gasteiger partial charge in [0.2, 0.25) is 5.95 Å². The van der Waals surface area contributed by atoms with Crippen molar-refractivity contribution in [1.82, 2.24) is 9.97 Å². The average molecular weight is 762 g/mol. The van der Waals surface area contributed by atoms with Crippen molar-refractivity contribution in [2.75, 3.05) is 48.0 Å². The third kappa shape index (κ3) is 9.69. The van der Waals surface area contributed by atoms with E-state index in [1.807, 2.05) is 0 Å². The standard InChI is InChI=1S/C35H36F9N5O4/c1-2-25-19-27(26-18-22(33(36,37)38)6-7-29(26)49(25)32(51)53-11-5-3-4-10-50)46-31-45-20-30(48-8-12-52-13-9-48)28(47-31)16-21-14-23(34(39,40)41)17-24(15-21)35(42,43)44/h6-7,10,14-15,17-18,20,25,27H,2-5,8-9,11-13,16,19H2,1H3,(H,45,46,47)/t25-,27+/m1/s1. The Bertz CT molecular complexity index is 1730. The highest BCUT2D eigenvalue weighted by Gasteiger charge is 2.40. The van der Waals surface area contributed by atoms with E-state index in [2.05, 4.69) is 15.3 Å². The number of aromatic nitrogens is 2. The lowest BCUT2D eigenvalue weighted by molar-refractivity contribution is -0.143. The maximum absolute atomic E-state index is 13.9. The topological polar surface area (TPSA) is 96.9 Å². The number of rotatable bonds is 11. The molecule has 2 atom stereocenters. The van der Waals surface area contributed by atoms with Crippen LogP contribution in [0.15, 0.2) is 42.6 Å². The minimum atomic E-state index is -5.07. The molecular formula is C35H36F9N5O4. The molecule has 18 heteroatoms. The monoisotopic (exact) mass is 761 g/mol. The number of nitrogens with zero attached hydrogens (tertiary/aromatic N) is 4. The van der Waals surface area contributed by atoms with Crippen LogP contribution >= 0.6 is 0 Å². The summed E-state index contributed by atoms with van der Waals surface area (Å²) in [6.07, 6.45) is -12.5. The van der Waals surface area contributed by atoms with Crippen molar-refractivity contribution in [1.29, 1.82) is 0 Å². The number of benzene rings is 2. The molecule has 1 saturated heterocycles. The van der Waals surface area contributed by atoms with E-state index in [1.165, 1.54) is 17.2 Å². The number of anilines is 3. The van der Waals surface area contributed by atoms with Crippen LogP contribution in [-0.2, 0) is 39.2 Å². The van der Waals surface area contributed by atoms with Gasteiger partial charge in [-0.3, -0.25) is 4.90 Å². The van der Waals surface area contributed by atoms with Crippen molar-refractivity contribution in [3.05, 3.63) is 76.1 Å². The van der Waals surface area contributed by atoms with Gasteiger partial charge in [-0.15, -0.1) is 0 Å². The van der Waals surface area contributed by atoms with Gasteiger partial charge in [0.15, 0.2) is 0 Å². The summed E-state index contributed by atoms with van der Waals surface area (Å²) in [7, 11) is 0. The number of unbranched alkanes of at least 4 members (excludes halogenated alkanes) is 2. The zero-order valence-electron chi connectivity index (χ0n) is 28.4. The molecule has 1 aromatic heterocycles. The smallest absolute Gasteiger partial charge is 0.416 e. The molecular weight excluding hydrogens is 725 g/mol. The molecule has 2 aromatic carbocycles. The summed E-state index contributed by atoms with van der Waals surface area (Å²) >= 11 is 0. The number of fused-ring (bicyclic) bond motifs is 1. The molecule has 3 aromatic rings. The maximum atomic E-state index is 13.9. The van der Waals surface area contributed by atoms with Crippen molar-refractivity contribution in [2.24, 2.45) is 0 Å². The number of hydrogen-bond donors (Lipinski definition) is 1. The van der Waals surface area contributed by atoms with Gasteiger partial charge in [-0.2, -0.15) is 39.5 Å². The number of halogens is 9. The van der Waals surface area contributed by atoms with Gasteiger partial charge in [0.05, 0.1) is 65.8 Å². The van der Waals surface area contributed by atoms with Crippen LogP contribution in [0.25, 0.3) is 0 Å². The molecule has 3 heterocycles. The second kappa shape index (κ2) is 16.2. The van der Waals surface area contributed by atoms with Gasteiger partial charge < -0.3 is 24.5 Å². The van der Waals surface area contributed by atoms with Crippen molar-refractivity contribution >= 4 is 29.7 Å². The van der Waals surface area contributed by atoms with Gasteiger partial charge in [0.25, 0.3) is 0 Å². The van der Waals surface area contributed by atoms with Crippen LogP contribution in [0, 0.1) is 0 Å². The van der Waals surface area contributed by atoms with Gasteiger partial charge >= 0.3 is 24.6 Å². The van der Waals surface area contributed by atoms with Gasteiger partial charge in [-0.25, -0.2) is 14.8 Å². The average Bonchev–Trinajstić information content (AvgIpc) is 3.10. The predicted molar refractivity (Wildman–Crippen MR) is 175 cm³/mol. The molecule has 1 fully saturated rings. The SMILES string of the molecule is CC[C@@H]1C[C@H](Nc2ncc(N3CCOCC3)c(Cc3cc(C(F)(F)F)cc(C(F)(F)F)c3)n2)c2cc(C(F)(F)F)ccc2N1C(=O)OCCCCC=O. The molecule has 9 nitrogen and oxygen atoms in total. The molecule has 0 aliphatic carbocycles. The Morgan fingerprint density at radius 1 is 0.925 bits per heavy atom. The van der Waals surface area contributed by atoms with E-state index in [9.17, 15) is 49.1 Å². The van der Waals surface area contributed by atoms with Crippen molar-refractivity contribution in [3.8, 4) is 0 Å². The maximum Gasteiger partial charge on any atom is 0.416 e. The summed E-state index contributed by atoms with van der Waals surface area (Å²) in [4.78, 5) is 35.9. The van der Waals surface area contributed by atoms with Gasteiger partial charge in [0.1, 0.15) is 6.29 Å². The zero-order valence-corrected chi connectivity index (χ0v) is 28.4. The molecule has 0 bridgehead atoms. The fourth-order valence-electron chi connectivity index (χ4n) is 6.37. The molecule has 0 unspecified atom stereocenters. The highest BCUT2D eigenvalue weighted by molar-refractivity contribution is 5.90. The molecule has 1 N–H and O–H groups in total. The highest BCUT2D eigenvalue weighted by atomic mass is 19.4. The summed E-state index contributed by atoms with van der Waals surface area (Å²) in [5, 5.41) is 3.03. The predicted octanol–water partition coefficient (Wildman–Crippen LogP) is 8.61. The molecule has 288 valence electrons. The van der Waals surface area contributed by atoms with Gasteiger partial charge in [-0.1, -0.05) is 6.92 Å². The molecule has 0 spiro atoms. The van der Waals surface area contributed by atoms with Gasteiger partial charge in [-0.05, 0) is 73.2 Å². The molecule has 2 aliphatic heterocycles. The Hall–Kier alpha value is -4.61. The van der Waals surface area contributed by atoms with E-state index in [1.54, 1.807) is 11.8 Å². The first-order chi connectivity index (χ1) is 25.0. The quantitative estimate of drug-likeness (QED) is 0.118. The van der Waals surface area contributed by atoms with Crippen molar-refractivity contribution < 1.29 is 58.6 Å². The fourth-order valence-corrected chi connectivity index (χ4v) is 6.37. The molecule has 2 aliphatic rings. The van der Waals surface area contributed by atoms with Crippen LogP contribution in [-0.4, -0.2) is 61.3 Å². The van der Waals surface area contributed by atoms with E-state index in [0.29, 0.717) is 50.2 Å². The number of aldehydes is 1. The molecule has 0 saturated carbocycles. The normalized spacial score (nSPS) is 18.1. The molecule has 53 heavy (non-hydrogen) atoms. The lowest BCUT2D eigenvalue weighted by Crippen LogP contribution is -2.46. The zero-order chi connectivity index (χ0) is 38.6. The van der Waals surface area contributed by atoms with Crippen molar-refractivity contribution in [2.45, 2.75) is 76.1 Å². The lowest BCUT2D eigenvalue weighted by atomic mass is 9.89. The summed E-state index contributed by atoms with van der Waals surface area (Å²) in [5.41, 5.74) is -3.68. The Morgan fingerprint density at radius 3 is 2.19 bits per heavy atom. The Labute approximate surface area is 298 Å². The van der Waals surface area contributed by atoms with E-state index in [-0.39, 0.29) is 67.2 Å². The minimum Gasteiger partial charge on any atom is -0.449 e. The number of carbonyl (C=O) groups is 2. The fraction of sp³-hybridized carbons (Fsp3) is 0.486. The molecule has 5 rings (SSSR count). The number of amides is 1. The molecule has 0 radical (unpaired) electrons. The summed E-state index contributed by atoms with van der Waals surface area (Å²) in [6, 6.07) is 2.69. The second-order valence-electron chi connectivity index (χ2n) is 12.6. The minimum absolute atomic E-state index is 0.0142. The molecule has 1 amide bonds. The number of carbonyl (C=O) groups excluding carboxylic acids is 2. The largest absolute Gasteiger partial charge is 0.449 e.